The van der Waals surface area contributed by atoms with Crippen molar-refractivity contribution in [2.45, 2.75) is 6.29 Å². The molecule has 0 saturated heterocycles. The van der Waals surface area contributed by atoms with Crippen LogP contribution in [0.1, 0.15) is 5.56 Å². The van der Waals surface area contributed by atoms with Crippen molar-refractivity contribution in [2.75, 3.05) is 6.61 Å². The molecule has 1 rings (SSSR count). The highest BCUT2D eigenvalue weighted by Gasteiger charge is 2.10. The molecule has 19 heavy (non-hydrogen) atoms. The molecule has 1 aromatic rings. The lowest BCUT2D eigenvalue weighted by Crippen LogP contribution is -2.23. The molecular formula is C14H14O5. The molecule has 100 valence electrons. The predicted octanol–water partition coefficient (Wildman–Crippen LogP) is 1.29. The summed E-state index contributed by atoms with van der Waals surface area (Å²) in [4.78, 5) is 22.0. The maximum absolute atomic E-state index is 11.3. The van der Waals surface area contributed by atoms with Gasteiger partial charge in [-0.05, 0) is 11.6 Å². The largest absolute Gasteiger partial charge is 0.456 e. The quantitative estimate of drug-likeness (QED) is 0.475. The lowest BCUT2D eigenvalue weighted by Gasteiger charge is -2.09. The zero-order chi connectivity index (χ0) is 14.1. The molecule has 0 aliphatic carbocycles. The Kier molecular flexibility index (Phi) is 6.05. The Morgan fingerprint density at radius 2 is 1.95 bits per heavy atom. The van der Waals surface area contributed by atoms with Crippen molar-refractivity contribution in [3.05, 3.63) is 54.6 Å². The SMILES string of the molecule is C=CC(=O)OCC(O)OC(=O)/C=C/c1ccccc1. The normalized spacial score (nSPS) is 11.8. The summed E-state index contributed by atoms with van der Waals surface area (Å²) in [5, 5.41) is 9.27. The highest BCUT2D eigenvalue weighted by molar-refractivity contribution is 5.87. The van der Waals surface area contributed by atoms with E-state index >= 15 is 0 Å². The molecule has 0 fully saturated rings. The fourth-order valence-corrected chi connectivity index (χ4v) is 1.15. The van der Waals surface area contributed by atoms with Gasteiger partial charge in [-0.2, -0.15) is 0 Å². The summed E-state index contributed by atoms with van der Waals surface area (Å²) in [5.74, 6) is -1.43. The van der Waals surface area contributed by atoms with E-state index in [2.05, 4.69) is 16.1 Å². The zero-order valence-electron chi connectivity index (χ0n) is 10.2. The molecule has 5 heteroatoms. The Morgan fingerprint density at radius 3 is 2.58 bits per heavy atom. The highest BCUT2D eigenvalue weighted by Crippen LogP contribution is 2.01. The molecule has 0 spiro atoms. The maximum Gasteiger partial charge on any atom is 0.333 e. The van der Waals surface area contributed by atoms with Crippen molar-refractivity contribution in [3.63, 3.8) is 0 Å². The predicted molar refractivity (Wildman–Crippen MR) is 68.7 cm³/mol. The summed E-state index contributed by atoms with van der Waals surface area (Å²) in [6.07, 6.45) is 2.17. The molecule has 1 aromatic carbocycles. The lowest BCUT2D eigenvalue weighted by atomic mass is 10.2. The molecule has 0 aliphatic heterocycles. The number of carbonyl (C=O) groups excluding carboxylic acids is 2. The third-order valence-electron chi connectivity index (χ3n) is 2.00. The molecule has 0 heterocycles. The number of hydrogen-bond donors (Lipinski definition) is 1. The first-order valence-corrected chi connectivity index (χ1v) is 5.53. The summed E-state index contributed by atoms with van der Waals surface area (Å²) in [7, 11) is 0. The second kappa shape index (κ2) is 7.84. The van der Waals surface area contributed by atoms with Crippen LogP contribution in [0, 0.1) is 0 Å². The van der Waals surface area contributed by atoms with E-state index in [9.17, 15) is 14.7 Å². The van der Waals surface area contributed by atoms with E-state index < -0.39 is 24.8 Å². The number of esters is 2. The minimum Gasteiger partial charge on any atom is -0.456 e. The van der Waals surface area contributed by atoms with Crippen LogP contribution in [0.25, 0.3) is 6.08 Å². The molecule has 0 radical (unpaired) electrons. The van der Waals surface area contributed by atoms with Gasteiger partial charge in [-0.25, -0.2) is 9.59 Å². The minimum atomic E-state index is -1.50. The summed E-state index contributed by atoms with van der Waals surface area (Å²) < 4.78 is 9.09. The van der Waals surface area contributed by atoms with E-state index in [-0.39, 0.29) is 0 Å². The van der Waals surface area contributed by atoms with Crippen LogP contribution in [0.4, 0.5) is 0 Å². The van der Waals surface area contributed by atoms with E-state index in [1.807, 2.05) is 30.3 Å². The smallest absolute Gasteiger partial charge is 0.333 e. The average Bonchev–Trinajstić information content (AvgIpc) is 2.43. The van der Waals surface area contributed by atoms with Crippen molar-refractivity contribution >= 4 is 18.0 Å². The van der Waals surface area contributed by atoms with Crippen molar-refractivity contribution in [1.29, 1.82) is 0 Å². The lowest BCUT2D eigenvalue weighted by molar-refractivity contribution is -0.175. The van der Waals surface area contributed by atoms with Crippen LogP contribution in [-0.4, -0.2) is 29.9 Å². The van der Waals surface area contributed by atoms with E-state index in [1.165, 1.54) is 6.08 Å². The van der Waals surface area contributed by atoms with Gasteiger partial charge in [0, 0.05) is 12.2 Å². The molecule has 5 nitrogen and oxygen atoms in total. The number of benzene rings is 1. The van der Waals surface area contributed by atoms with Crippen molar-refractivity contribution < 1.29 is 24.2 Å². The van der Waals surface area contributed by atoms with E-state index in [0.29, 0.717) is 0 Å². The average molecular weight is 262 g/mol. The van der Waals surface area contributed by atoms with E-state index in [0.717, 1.165) is 11.6 Å². The van der Waals surface area contributed by atoms with Crippen LogP contribution < -0.4 is 0 Å². The third-order valence-corrected chi connectivity index (χ3v) is 2.00. The zero-order valence-corrected chi connectivity index (χ0v) is 10.2. The number of carbonyl (C=O) groups is 2. The second-order valence-electron chi connectivity index (χ2n) is 3.47. The maximum atomic E-state index is 11.3. The van der Waals surface area contributed by atoms with Gasteiger partial charge >= 0.3 is 11.9 Å². The van der Waals surface area contributed by atoms with Gasteiger partial charge in [-0.1, -0.05) is 36.9 Å². The van der Waals surface area contributed by atoms with Gasteiger partial charge in [0.2, 0.25) is 6.29 Å². The standard InChI is InChI=1S/C14H14O5/c1-2-12(15)18-10-14(17)19-13(16)9-8-11-6-4-3-5-7-11/h2-9,14,17H,1,10H2/b9-8+. The molecule has 0 amide bonds. The molecule has 1 N–H and O–H groups in total. The first-order chi connectivity index (χ1) is 9.11. The topological polar surface area (TPSA) is 72.8 Å². The second-order valence-corrected chi connectivity index (χ2v) is 3.47. The van der Waals surface area contributed by atoms with Crippen LogP contribution in [0.5, 0.6) is 0 Å². The van der Waals surface area contributed by atoms with E-state index in [1.54, 1.807) is 6.08 Å². The summed E-state index contributed by atoms with van der Waals surface area (Å²) in [6.45, 7) is 2.75. The summed E-state index contributed by atoms with van der Waals surface area (Å²) >= 11 is 0. The van der Waals surface area contributed by atoms with Gasteiger partial charge in [-0.3, -0.25) is 0 Å². The summed E-state index contributed by atoms with van der Waals surface area (Å²) in [6, 6.07) is 9.13. The highest BCUT2D eigenvalue weighted by atomic mass is 16.7. The molecule has 0 bridgehead atoms. The Labute approximate surface area is 110 Å². The van der Waals surface area contributed by atoms with E-state index in [4.69, 9.17) is 0 Å². The Balaban J connectivity index is 2.36. The van der Waals surface area contributed by atoms with Gasteiger partial charge in [0.25, 0.3) is 0 Å². The fraction of sp³-hybridized carbons (Fsp3) is 0.143. The first-order valence-electron chi connectivity index (χ1n) is 5.53. The Morgan fingerprint density at radius 1 is 1.26 bits per heavy atom. The monoisotopic (exact) mass is 262 g/mol. The van der Waals surface area contributed by atoms with Gasteiger partial charge < -0.3 is 14.6 Å². The Hall–Kier alpha value is -2.40. The van der Waals surface area contributed by atoms with Crippen LogP contribution in [-0.2, 0) is 19.1 Å². The number of aliphatic hydroxyl groups excluding tert-OH is 1. The fourth-order valence-electron chi connectivity index (χ4n) is 1.15. The third kappa shape index (κ3) is 6.18. The van der Waals surface area contributed by atoms with Crippen LogP contribution >= 0.6 is 0 Å². The minimum absolute atomic E-state index is 0.435. The number of hydrogen-bond acceptors (Lipinski definition) is 5. The van der Waals surface area contributed by atoms with Crippen molar-refractivity contribution in [3.8, 4) is 0 Å². The molecular weight excluding hydrogens is 248 g/mol. The Bertz CT molecular complexity index is 464. The van der Waals surface area contributed by atoms with Crippen molar-refractivity contribution in [2.24, 2.45) is 0 Å². The molecule has 1 atom stereocenters. The molecule has 0 aliphatic rings. The summed E-state index contributed by atoms with van der Waals surface area (Å²) in [5.41, 5.74) is 0.826. The van der Waals surface area contributed by atoms with Crippen LogP contribution in [0.2, 0.25) is 0 Å². The molecule has 0 saturated carbocycles. The number of ether oxygens (including phenoxy) is 2. The van der Waals surface area contributed by atoms with Crippen LogP contribution in [0.15, 0.2) is 49.1 Å². The van der Waals surface area contributed by atoms with Gasteiger partial charge in [-0.15, -0.1) is 0 Å². The van der Waals surface area contributed by atoms with Gasteiger partial charge in [0.05, 0.1) is 0 Å². The van der Waals surface area contributed by atoms with Gasteiger partial charge in [0.15, 0.2) is 6.61 Å². The van der Waals surface area contributed by atoms with Gasteiger partial charge in [0.1, 0.15) is 0 Å². The van der Waals surface area contributed by atoms with Crippen molar-refractivity contribution in [1.82, 2.24) is 0 Å². The number of rotatable bonds is 6. The molecule has 1 unspecified atom stereocenters. The number of aliphatic hydroxyl groups is 1. The molecule has 0 aromatic heterocycles. The first kappa shape index (κ1) is 14.7. The van der Waals surface area contributed by atoms with Crippen LogP contribution in [0.3, 0.4) is 0 Å².